The van der Waals surface area contributed by atoms with Crippen molar-refractivity contribution in [3.05, 3.63) is 24.3 Å². The van der Waals surface area contributed by atoms with E-state index < -0.39 is 0 Å². The highest BCUT2D eigenvalue weighted by Crippen LogP contribution is 2.52. The fourth-order valence-corrected chi connectivity index (χ4v) is 3.03. The van der Waals surface area contributed by atoms with Crippen molar-refractivity contribution in [2.45, 2.75) is 24.2 Å². The van der Waals surface area contributed by atoms with Crippen LogP contribution in [0.5, 0.6) is 0 Å². The molecule has 0 unspecified atom stereocenters. The van der Waals surface area contributed by atoms with Crippen molar-refractivity contribution < 1.29 is 9.53 Å². The Kier molecular flexibility index (Phi) is 3.62. The van der Waals surface area contributed by atoms with Gasteiger partial charge in [0.2, 0.25) is 0 Å². The summed E-state index contributed by atoms with van der Waals surface area (Å²) in [5.41, 5.74) is 6.85. The summed E-state index contributed by atoms with van der Waals surface area (Å²) in [7, 11) is 1.45. The Morgan fingerprint density at radius 3 is 2.76 bits per heavy atom. The van der Waals surface area contributed by atoms with Crippen LogP contribution in [0.1, 0.15) is 19.3 Å². The predicted molar refractivity (Wildman–Crippen MR) is 69.9 cm³/mol. The summed E-state index contributed by atoms with van der Waals surface area (Å²) >= 11 is 1.74. The molecule has 0 atom stereocenters. The molecule has 1 saturated carbocycles. The number of esters is 1. The number of carbonyl (C=O) groups excluding carboxylic acids is 1. The quantitative estimate of drug-likeness (QED) is 0.496. The number of hydrogen-bond acceptors (Lipinski definition) is 4. The number of hydrogen-bond donors (Lipinski definition) is 1. The van der Waals surface area contributed by atoms with Gasteiger partial charge in [0.25, 0.3) is 0 Å². The Hall–Kier alpha value is -1.16. The van der Waals surface area contributed by atoms with E-state index in [9.17, 15) is 4.79 Å². The highest BCUT2D eigenvalue weighted by atomic mass is 32.2. The highest BCUT2D eigenvalue weighted by molar-refractivity contribution is 7.99. The second kappa shape index (κ2) is 5.00. The van der Waals surface area contributed by atoms with Crippen molar-refractivity contribution in [3.8, 4) is 0 Å². The lowest BCUT2D eigenvalue weighted by Crippen LogP contribution is -2.13. The number of para-hydroxylation sites is 1. The lowest BCUT2D eigenvalue weighted by molar-refractivity contribution is -0.141. The monoisotopic (exact) mass is 251 g/mol. The molecule has 0 spiro atoms. The fourth-order valence-electron chi connectivity index (χ4n) is 1.77. The lowest BCUT2D eigenvalue weighted by atomic mass is 10.1. The molecule has 0 amide bonds. The van der Waals surface area contributed by atoms with E-state index in [0.717, 1.165) is 29.2 Å². The third kappa shape index (κ3) is 3.16. The second-order valence-corrected chi connectivity index (χ2v) is 5.60. The molecule has 17 heavy (non-hydrogen) atoms. The van der Waals surface area contributed by atoms with E-state index in [4.69, 9.17) is 10.5 Å². The lowest BCUT2D eigenvalue weighted by Gasteiger charge is -2.13. The Morgan fingerprint density at radius 2 is 2.18 bits per heavy atom. The van der Waals surface area contributed by atoms with Crippen LogP contribution in [0.3, 0.4) is 0 Å². The maximum Gasteiger partial charge on any atom is 0.306 e. The molecule has 4 heteroatoms. The van der Waals surface area contributed by atoms with E-state index in [1.807, 2.05) is 24.3 Å². The first-order chi connectivity index (χ1) is 8.15. The molecule has 0 saturated heterocycles. The first-order valence-electron chi connectivity index (χ1n) is 5.69. The van der Waals surface area contributed by atoms with Gasteiger partial charge in [-0.1, -0.05) is 12.1 Å². The van der Waals surface area contributed by atoms with E-state index in [1.54, 1.807) is 11.8 Å². The van der Waals surface area contributed by atoms with Gasteiger partial charge in [-0.3, -0.25) is 4.79 Å². The van der Waals surface area contributed by atoms with Crippen molar-refractivity contribution in [2.75, 3.05) is 18.6 Å². The van der Waals surface area contributed by atoms with E-state index in [1.165, 1.54) is 7.11 Å². The smallest absolute Gasteiger partial charge is 0.306 e. The van der Waals surface area contributed by atoms with Gasteiger partial charge in [-0.05, 0) is 30.4 Å². The number of anilines is 1. The van der Waals surface area contributed by atoms with Crippen LogP contribution in [0.2, 0.25) is 0 Å². The van der Waals surface area contributed by atoms with Crippen LogP contribution in [-0.4, -0.2) is 18.8 Å². The van der Waals surface area contributed by atoms with Gasteiger partial charge in [0.1, 0.15) is 0 Å². The largest absolute Gasteiger partial charge is 0.469 e. The summed E-state index contributed by atoms with van der Waals surface area (Å²) in [6.07, 6.45) is 2.76. The van der Waals surface area contributed by atoms with Gasteiger partial charge in [0, 0.05) is 16.3 Å². The van der Waals surface area contributed by atoms with Gasteiger partial charge >= 0.3 is 5.97 Å². The molecule has 1 aliphatic rings. The van der Waals surface area contributed by atoms with Crippen LogP contribution < -0.4 is 5.73 Å². The average Bonchev–Trinajstić information content (AvgIpc) is 3.08. The molecule has 0 heterocycles. The zero-order valence-corrected chi connectivity index (χ0v) is 10.8. The minimum Gasteiger partial charge on any atom is -0.469 e. The molecule has 1 aromatic carbocycles. The summed E-state index contributed by atoms with van der Waals surface area (Å²) in [6, 6.07) is 7.84. The molecule has 1 aromatic rings. The molecule has 0 aliphatic heterocycles. The molecule has 1 aliphatic carbocycles. The summed E-state index contributed by atoms with van der Waals surface area (Å²) < 4.78 is 4.73. The summed E-state index contributed by atoms with van der Waals surface area (Å²) in [5, 5.41) is 0. The maximum atomic E-state index is 11.3. The topological polar surface area (TPSA) is 52.3 Å². The standard InChI is InChI=1S/C13H17NO2S/c1-16-12(15)8-13(6-7-13)9-17-11-5-3-2-4-10(11)14/h2-5H,6-9,14H2,1H3. The summed E-state index contributed by atoms with van der Waals surface area (Å²) in [4.78, 5) is 12.4. The molecule has 3 nitrogen and oxygen atoms in total. The number of ether oxygens (including phenoxy) is 1. The van der Waals surface area contributed by atoms with Crippen LogP contribution >= 0.6 is 11.8 Å². The maximum absolute atomic E-state index is 11.3. The minimum atomic E-state index is -0.107. The molecule has 92 valence electrons. The van der Waals surface area contributed by atoms with Crippen LogP contribution in [0.4, 0.5) is 5.69 Å². The second-order valence-electron chi connectivity index (χ2n) is 4.58. The van der Waals surface area contributed by atoms with Crippen molar-refractivity contribution in [2.24, 2.45) is 5.41 Å². The van der Waals surface area contributed by atoms with Gasteiger partial charge in [-0.2, -0.15) is 0 Å². The van der Waals surface area contributed by atoms with Crippen molar-refractivity contribution >= 4 is 23.4 Å². The average molecular weight is 251 g/mol. The molecule has 0 bridgehead atoms. The molecule has 0 aromatic heterocycles. The van der Waals surface area contributed by atoms with E-state index in [-0.39, 0.29) is 11.4 Å². The number of benzene rings is 1. The summed E-state index contributed by atoms with van der Waals surface area (Å²) in [6.45, 7) is 0. The first kappa shape index (κ1) is 12.3. The third-order valence-corrected chi connectivity index (χ3v) is 4.60. The number of nitrogen functional groups attached to an aromatic ring is 1. The van der Waals surface area contributed by atoms with Crippen LogP contribution in [0.15, 0.2) is 29.2 Å². The van der Waals surface area contributed by atoms with Crippen LogP contribution in [0.25, 0.3) is 0 Å². The van der Waals surface area contributed by atoms with Gasteiger partial charge in [-0.25, -0.2) is 0 Å². The molecule has 2 rings (SSSR count). The number of methoxy groups -OCH3 is 1. The Balaban J connectivity index is 1.90. The van der Waals surface area contributed by atoms with E-state index >= 15 is 0 Å². The van der Waals surface area contributed by atoms with E-state index in [0.29, 0.717) is 6.42 Å². The molecular formula is C13H17NO2S. The van der Waals surface area contributed by atoms with Gasteiger partial charge in [0.15, 0.2) is 0 Å². The minimum absolute atomic E-state index is 0.107. The Morgan fingerprint density at radius 1 is 1.47 bits per heavy atom. The fraction of sp³-hybridized carbons (Fsp3) is 0.462. The molecule has 1 fully saturated rings. The zero-order valence-electron chi connectivity index (χ0n) is 9.94. The number of carbonyl (C=O) groups is 1. The van der Waals surface area contributed by atoms with Gasteiger partial charge < -0.3 is 10.5 Å². The van der Waals surface area contributed by atoms with Crippen LogP contribution in [0, 0.1) is 5.41 Å². The Labute approximate surface area is 106 Å². The van der Waals surface area contributed by atoms with Crippen molar-refractivity contribution in [3.63, 3.8) is 0 Å². The van der Waals surface area contributed by atoms with Gasteiger partial charge in [-0.15, -0.1) is 11.8 Å². The number of rotatable bonds is 5. The van der Waals surface area contributed by atoms with E-state index in [2.05, 4.69) is 0 Å². The molecule has 0 radical (unpaired) electrons. The summed E-state index contributed by atoms with van der Waals surface area (Å²) in [5.74, 6) is 0.834. The zero-order chi connectivity index (χ0) is 12.3. The third-order valence-electron chi connectivity index (χ3n) is 3.16. The highest BCUT2D eigenvalue weighted by Gasteiger charge is 2.44. The van der Waals surface area contributed by atoms with Gasteiger partial charge in [0.05, 0.1) is 13.5 Å². The van der Waals surface area contributed by atoms with Crippen molar-refractivity contribution in [1.29, 1.82) is 0 Å². The SMILES string of the molecule is COC(=O)CC1(CSc2ccccc2N)CC1. The van der Waals surface area contributed by atoms with Crippen molar-refractivity contribution in [1.82, 2.24) is 0 Å². The molecule has 2 N–H and O–H groups in total. The number of nitrogens with two attached hydrogens (primary N) is 1. The Bertz CT molecular complexity index is 416. The number of thioether (sulfide) groups is 1. The first-order valence-corrected chi connectivity index (χ1v) is 6.68. The molecular weight excluding hydrogens is 234 g/mol. The normalized spacial score (nSPS) is 16.5. The van der Waals surface area contributed by atoms with Crippen LogP contribution in [-0.2, 0) is 9.53 Å². The predicted octanol–water partition coefficient (Wildman–Crippen LogP) is 2.70.